The minimum atomic E-state index is -0.742. The highest BCUT2D eigenvalue weighted by Crippen LogP contribution is 2.23. The van der Waals surface area contributed by atoms with Gasteiger partial charge in [-0.25, -0.2) is 0 Å². The van der Waals surface area contributed by atoms with Crippen molar-refractivity contribution in [2.75, 3.05) is 6.61 Å². The van der Waals surface area contributed by atoms with Crippen molar-refractivity contribution in [2.45, 2.75) is 19.1 Å². The summed E-state index contributed by atoms with van der Waals surface area (Å²) >= 11 is 1.50. The molecule has 4 heteroatoms. The smallest absolute Gasteiger partial charge is 0.105 e. The van der Waals surface area contributed by atoms with E-state index in [2.05, 4.69) is 0 Å². The summed E-state index contributed by atoms with van der Waals surface area (Å²) in [5.74, 6) is 0. The molecule has 68 valence electrons. The standard InChI is InChI=1S/C8H13NO2S/c1-5-2-3-7(12-5)8(11)6(9)4-10/h2-3,6,8,10-11H,4,9H2,1H3. The van der Waals surface area contributed by atoms with Crippen LogP contribution in [0, 0.1) is 6.92 Å². The zero-order chi connectivity index (χ0) is 9.14. The van der Waals surface area contributed by atoms with Gasteiger partial charge in [0.25, 0.3) is 0 Å². The Morgan fingerprint density at radius 3 is 2.67 bits per heavy atom. The summed E-state index contributed by atoms with van der Waals surface area (Å²) in [5, 5.41) is 18.2. The zero-order valence-corrected chi connectivity index (χ0v) is 7.71. The van der Waals surface area contributed by atoms with Gasteiger partial charge in [0.1, 0.15) is 6.10 Å². The molecule has 0 saturated carbocycles. The largest absolute Gasteiger partial charge is 0.395 e. The molecule has 0 amide bonds. The maximum atomic E-state index is 9.53. The molecular weight excluding hydrogens is 174 g/mol. The molecule has 0 aliphatic carbocycles. The monoisotopic (exact) mass is 187 g/mol. The van der Waals surface area contributed by atoms with E-state index < -0.39 is 12.1 Å². The number of thiophene rings is 1. The fraction of sp³-hybridized carbons (Fsp3) is 0.500. The second-order valence-electron chi connectivity index (χ2n) is 2.74. The Morgan fingerprint density at radius 2 is 2.25 bits per heavy atom. The number of hydrogen-bond donors (Lipinski definition) is 3. The first-order valence-corrected chi connectivity index (χ1v) is 4.57. The summed E-state index contributed by atoms with van der Waals surface area (Å²) in [7, 11) is 0. The molecule has 0 aliphatic heterocycles. The van der Waals surface area contributed by atoms with Crippen molar-refractivity contribution in [1.82, 2.24) is 0 Å². The van der Waals surface area contributed by atoms with E-state index in [4.69, 9.17) is 10.8 Å². The van der Waals surface area contributed by atoms with Gasteiger partial charge in [-0.05, 0) is 19.1 Å². The molecule has 4 N–H and O–H groups in total. The molecular formula is C8H13NO2S. The van der Waals surface area contributed by atoms with Crippen LogP contribution in [0.4, 0.5) is 0 Å². The van der Waals surface area contributed by atoms with Crippen LogP contribution in [-0.4, -0.2) is 22.9 Å². The summed E-state index contributed by atoms with van der Waals surface area (Å²) in [6.45, 7) is 1.77. The highest BCUT2D eigenvalue weighted by atomic mass is 32.1. The topological polar surface area (TPSA) is 66.5 Å². The minimum Gasteiger partial charge on any atom is -0.395 e. The lowest BCUT2D eigenvalue weighted by Gasteiger charge is -2.14. The predicted octanol–water partition coefficient (Wildman–Crippen LogP) is 0.410. The van der Waals surface area contributed by atoms with Crippen molar-refractivity contribution in [1.29, 1.82) is 0 Å². The molecule has 0 aromatic carbocycles. The van der Waals surface area contributed by atoms with Gasteiger partial charge in [-0.1, -0.05) is 0 Å². The average molecular weight is 187 g/mol. The molecule has 2 unspecified atom stereocenters. The number of hydrogen-bond acceptors (Lipinski definition) is 4. The first-order valence-electron chi connectivity index (χ1n) is 3.76. The molecule has 0 aliphatic rings. The Bertz CT molecular complexity index is 249. The van der Waals surface area contributed by atoms with Crippen LogP contribution < -0.4 is 5.73 Å². The maximum Gasteiger partial charge on any atom is 0.105 e. The lowest BCUT2D eigenvalue weighted by atomic mass is 10.1. The third-order valence-electron chi connectivity index (χ3n) is 1.67. The summed E-state index contributed by atoms with van der Waals surface area (Å²) in [5.41, 5.74) is 5.46. The van der Waals surface area contributed by atoms with Crippen LogP contribution in [0.25, 0.3) is 0 Å². The van der Waals surface area contributed by atoms with Crippen LogP contribution in [0.1, 0.15) is 15.9 Å². The minimum absolute atomic E-state index is 0.196. The van der Waals surface area contributed by atoms with Gasteiger partial charge in [0, 0.05) is 9.75 Å². The van der Waals surface area contributed by atoms with Crippen LogP contribution in [0.15, 0.2) is 12.1 Å². The highest BCUT2D eigenvalue weighted by molar-refractivity contribution is 7.12. The normalized spacial score (nSPS) is 16.0. The van der Waals surface area contributed by atoms with E-state index in [0.29, 0.717) is 0 Å². The number of rotatable bonds is 3. The van der Waals surface area contributed by atoms with Gasteiger partial charge >= 0.3 is 0 Å². The first kappa shape index (κ1) is 9.67. The van der Waals surface area contributed by atoms with Crippen molar-refractivity contribution < 1.29 is 10.2 Å². The molecule has 0 fully saturated rings. The van der Waals surface area contributed by atoms with Gasteiger partial charge in [-0.15, -0.1) is 11.3 Å². The molecule has 3 nitrogen and oxygen atoms in total. The molecule has 1 aromatic rings. The number of aliphatic hydroxyl groups is 2. The summed E-state index contributed by atoms with van der Waals surface area (Å²) in [4.78, 5) is 1.95. The molecule has 0 saturated heterocycles. The fourth-order valence-electron chi connectivity index (χ4n) is 0.923. The van der Waals surface area contributed by atoms with Crippen LogP contribution in [0.3, 0.4) is 0 Å². The van der Waals surface area contributed by atoms with Crippen LogP contribution in [-0.2, 0) is 0 Å². The maximum absolute atomic E-state index is 9.53. The Labute approximate surface area is 75.5 Å². The number of aliphatic hydroxyl groups excluding tert-OH is 2. The predicted molar refractivity (Wildman–Crippen MR) is 49.1 cm³/mol. The van der Waals surface area contributed by atoms with Gasteiger partial charge in [0.15, 0.2) is 0 Å². The molecule has 1 heterocycles. The van der Waals surface area contributed by atoms with Crippen molar-refractivity contribution in [3.8, 4) is 0 Å². The van der Waals surface area contributed by atoms with Gasteiger partial charge in [-0.3, -0.25) is 0 Å². The quantitative estimate of drug-likeness (QED) is 0.642. The zero-order valence-electron chi connectivity index (χ0n) is 6.90. The molecule has 2 atom stereocenters. The second kappa shape index (κ2) is 4.00. The van der Waals surface area contributed by atoms with Gasteiger partial charge < -0.3 is 15.9 Å². The summed E-state index contributed by atoms with van der Waals surface area (Å²) in [6, 6.07) is 3.18. The van der Waals surface area contributed by atoms with E-state index in [1.165, 1.54) is 11.3 Å². The second-order valence-corrected chi connectivity index (χ2v) is 4.06. The SMILES string of the molecule is Cc1ccc(C(O)C(N)CO)s1. The average Bonchev–Trinajstić information content (AvgIpc) is 2.49. The van der Waals surface area contributed by atoms with Crippen molar-refractivity contribution >= 4 is 11.3 Å². The third-order valence-corrected chi connectivity index (χ3v) is 2.74. The van der Waals surface area contributed by atoms with E-state index in [-0.39, 0.29) is 6.61 Å². The summed E-state index contributed by atoms with van der Waals surface area (Å²) in [6.07, 6.45) is -0.742. The lowest BCUT2D eigenvalue weighted by Crippen LogP contribution is -2.31. The van der Waals surface area contributed by atoms with Crippen molar-refractivity contribution in [3.05, 3.63) is 21.9 Å². The van der Waals surface area contributed by atoms with E-state index in [9.17, 15) is 5.11 Å². The van der Waals surface area contributed by atoms with E-state index in [0.717, 1.165) is 9.75 Å². The molecule has 1 aromatic heterocycles. The van der Waals surface area contributed by atoms with Crippen LogP contribution in [0.5, 0.6) is 0 Å². The number of aryl methyl sites for hydroxylation is 1. The van der Waals surface area contributed by atoms with E-state index >= 15 is 0 Å². The Morgan fingerprint density at radius 1 is 1.58 bits per heavy atom. The van der Waals surface area contributed by atoms with E-state index in [1.807, 2.05) is 19.1 Å². The van der Waals surface area contributed by atoms with Crippen molar-refractivity contribution in [3.63, 3.8) is 0 Å². The first-order chi connectivity index (χ1) is 5.65. The molecule has 0 spiro atoms. The lowest BCUT2D eigenvalue weighted by molar-refractivity contribution is 0.112. The molecule has 12 heavy (non-hydrogen) atoms. The van der Waals surface area contributed by atoms with Crippen LogP contribution >= 0.6 is 11.3 Å². The summed E-state index contributed by atoms with van der Waals surface area (Å²) < 4.78 is 0. The highest BCUT2D eigenvalue weighted by Gasteiger charge is 2.16. The molecule has 0 bridgehead atoms. The fourth-order valence-corrected chi connectivity index (χ4v) is 1.86. The molecule has 1 rings (SSSR count). The number of nitrogens with two attached hydrogens (primary N) is 1. The van der Waals surface area contributed by atoms with E-state index in [1.54, 1.807) is 0 Å². The Kier molecular flexibility index (Phi) is 3.22. The Balaban J connectivity index is 2.70. The van der Waals surface area contributed by atoms with Crippen LogP contribution in [0.2, 0.25) is 0 Å². The molecule has 0 radical (unpaired) electrons. The van der Waals surface area contributed by atoms with Gasteiger partial charge in [0.2, 0.25) is 0 Å². The van der Waals surface area contributed by atoms with Gasteiger partial charge in [-0.2, -0.15) is 0 Å². The van der Waals surface area contributed by atoms with Crippen molar-refractivity contribution in [2.24, 2.45) is 5.73 Å². The third kappa shape index (κ3) is 2.04. The van der Waals surface area contributed by atoms with Gasteiger partial charge in [0.05, 0.1) is 12.6 Å². The Hall–Kier alpha value is -0.420.